The molecule has 3 rings (SSSR count). The number of furan rings is 1. The van der Waals surface area contributed by atoms with Crippen LogP contribution in [0.4, 0.5) is 0 Å². The smallest absolute Gasteiger partial charge is 0.241 e. The first-order chi connectivity index (χ1) is 8.75. The Balaban J connectivity index is 2.31. The molecule has 1 heterocycles. The number of para-hydroxylation sites is 2. The van der Waals surface area contributed by atoms with Gasteiger partial charge >= 0.3 is 0 Å². The molecule has 3 aromatic rings. The molecule has 1 aromatic heterocycles. The minimum absolute atomic E-state index is 0.469. The van der Waals surface area contributed by atoms with Gasteiger partial charge in [0.25, 0.3) is 0 Å². The molecule has 0 aliphatic heterocycles. The van der Waals surface area contributed by atoms with Crippen LogP contribution >= 0.6 is 0 Å². The van der Waals surface area contributed by atoms with Crippen molar-refractivity contribution in [2.45, 2.75) is 0 Å². The predicted octanol–water partition coefficient (Wildman–Crippen LogP) is 3.08. The summed E-state index contributed by atoms with van der Waals surface area (Å²) in [6.07, 6.45) is 3.01. The molecule has 88 valence electrons. The molecule has 0 bridgehead atoms. The van der Waals surface area contributed by atoms with Crippen molar-refractivity contribution in [2.24, 2.45) is 5.73 Å². The van der Waals surface area contributed by atoms with E-state index in [2.05, 4.69) is 0 Å². The Labute approximate surface area is 103 Å². The van der Waals surface area contributed by atoms with Crippen molar-refractivity contribution in [2.75, 3.05) is 0 Å². The highest BCUT2D eigenvalue weighted by atomic mass is 16.3. The van der Waals surface area contributed by atoms with E-state index in [9.17, 15) is 4.79 Å². The first-order valence-corrected chi connectivity index (χ1v) is 5.63. The zero-order valence-electron chi connectivity index (χ0n) is 9.59. The maximum Gasteiger partial charge on any atom is 0.241 e. The summed E-state index contributed by atoms with van der Waals surface area (Å²) in [6.45, 7) is 0. The van der Waals surface area contributed by atoms with Crippen LogP contribution in [0.15, 0.2) is 53.0 Å². The summed E-state index contributed by atoms with van der Waals surface area (Å²) in [5.41, 5.74) is 7.57. The minimum Gasteiger partial charge on any atom is -0.455 e. The van der Waals surface area contributed by atoms with Crippen molar-refractivity contribution in [3.05, 3.63) is 54.1 Å². The van der Waals surface area contributed by atoms with E-state index in [1.807, 2.05) is 42.5 Å². The molecule has 0 spiro atoms. The number of amides is 1. The van der Waals surface area contributed by atoms with Crippen molar-refractivity contribution >= 4 is 33.9 Å². The first kappa shape index (κ1) is 10.6. The van der Waals surface area contributed by atoms with Crippen LogP contribution < -0.4 is 5.73 Å². The van der Waals surface area contributed by atoms with Gasteiger partial charge in [-0.3, -0.25) is 4.79 Å². The average molecular weight is 237 g/mol. The normalized spacial score (nSPS) is 11.6. The van der Waals surface area contributed by atoms with Crippen molar-refractivity contribution in [3.63, 3.8) is 0 Å². The third-order valence-electron chi connectivity index (χ3n) is 2.86. The summed E-state index contributed by atoms with van der Waals surface area (Å²) < 4.78 is 5.81. The lowest BCUT2D eigenvalue weighted by molar-refractivity contribution is -0.113. The SMILES string of the molecule is NC(=O)/C=C\c1cccc2c1oc1ccccc12. The van der Waals surface area contributed by atoms with E-state index in [1.165, 1.54) is 6.08 Å². The Morgan fingerprint density at radius 2 is 1.83 bits per heavy atom. The van der Waals surface area contributed by atoms with Crippen LogP contribution in [0.1, 0.15) is 5.56 Å². The van der Waals surface area contributed by atoms with Gasteiger partial charge in [-0.2, -0.15) is 0 Å². The monoisotopic (exact) mass is 237 g/mol. The number of hydrogen-bond donors (Lipinski definition) is 1. The summed E-state index contributed by atoms with van der Waals surface area (Å²) in [6, 6.07) is 13.7. The molecule has 18 heavy (non-hydrogen) atoms. The molecule has 0 saturated heterocycles. The number of nitrogens with two attached hydrogens (primary N) is 1. The number of primary amides is 1. The van der Waals surface area contributed by atoms with Gasteiger partial charge in [0.2, 0.25) is 5.91 Å². The van der Waals surface area contributed by atoms with Crippen LogP contribution in [0, 0.1) is 0 Å². The van der Waals surface area contributed by atoms with E-state index in [4.69, 9.17) is 10.2 Å². The van der Waals surface area contributed by atoms with E-state index in [0.717, 1.165) is 27.5 Å². The van der Waals surface area contributed by atoms with E-state index in [0.29, 0.717) is 0 Å². The third kappa shape index (κ3) is 1.66. The van der Waals surface area contributed by atoms with Crippen molar-refractivity contribution < 1.29 is 9.21 Å². The summed E-state index contributed by atoms with van der Waals surface area (Å²) in [7, 11) is 0. The summed E-state index contributed by atoms with van der Waals surface area (Å²) in [5, 5.41) is 2.11. The van der Waals surface area contributed by atoms with E-state index < -0.39 is 5.91 Å². The molecule has 0 aliphatic carbocycles. The molecule has 0 unspecified atom stereocenters. The lowest BCUT2D eigenvalue weighted by atomic mass is 10.1. The number of carbonyl (C=O) groups is 1. The molecule has 1 amide bonds. The van der Waals surface area contributed by atoms with Gasteiger partial charge in [-0.1, -0.05) is 36.4 Å². The Kier molecular flexibility index (Phi) is 2.38. The molecule has 0 aliphatic rings. The molecular weight excluding hydrogens is 226 g/mol. The highest BCUT2D eigenvalue weighted by Crippen LogP contribution is 2.31. The van der Waals surface area contributed by atoms with E-state index in [1.54, 1.807) is 6.08 Å². The van der Waals surface area contributed by atoms with Gasteiger partial charge in [-0.15, -0.1) is 0 Å². The molecule has 0 atom stereocenters. The second-order valence-electron chi connectivity index (χ2n) is 4.06. The summed E-state index contributed by atoms with van der Waals surface area (Å²) >= 11 is 0. The highest BCUT2D eigenvalue weighted by molar-refractivity contribution is 6.07. The van der Waals surface area contributed by atoms with Gasteiger partial charge in [0.1, 0.15) is 11.2 Å². The van der Waals surface area contributed by atoms with Gasteiger partial charge in [0, 0.05) is 22.4 Å². The maximum atomic E-state index is 10.8. The molecule has 2 aromatic carbocycles. The fraction of sp³-hybridized carbons (Fsp3) is 0. The van der Waals surface area contributed by atoms with Crippen LogP contribution in [0.3, 0.4) is 0 Å². The third-order valence-corrected chi connectivity index (χ3v) is 2.86. The number of hydrogen-bond acceptors (Lipinski definition) is 2. The number of benzene rings is 2. The van der Waals surface area contributed by atoms with Crippen molar-refractivity contribution in [3.8, 4) is 0 Å². The molecule has 0 radical (unpaired) electrons. The fourth-order valence-electron chi connectivity index (χ4n) is 2.07. The second-order valence-corrected chi connectivity index (χ2v) is 4.06. The van der Waals surface area contributed by atoms with Gasteiger partial charge in [0.15, 0.2) is 0 Å². The highest BCUT2D eigenvalue weighted by Gasteiger charge is 2.08. The second kappa shape index (κ2) is 4.04. The topological polar surface area (TPSA) is 56.2 Å². The van der Waals surface area contributed by atoms with Crippen LogP contribution in [0.25, 0.3) is 28.0 Å². The molecule has 3 nitrogen and oxygen atoms in total. The molecule has 3 heteroatoms. The zero-order chi connectivity index (χ0) is 12.5. The van der Waals surface area contributed by atoms with Crippen LogP contribution in [0.2, 0.25) is 0 Å². The van der Waals surface area contributed by atoms with Crippen LogP contribution in [-0.2, 0) is 4.79 Å². The predicted molar refractivity (Wildman–Crippen MR) is 71.9 cm³/mol. The number of fused-ring (bicyclic) bond motifs is 3. The zero-order valence-corrected chi connectivity index (χ0v) is 9.59. The van der Waals surface area contributed by atoms with Crippen LogP contribution in [-0.4, -0.2) is 5.91 Å². The van der Waals surface area contributed by atoms with E-state index >= 15 is 0 Å². The largest absolute Gasteiger partial charge is 0.455 e. The molecule has 0 saturated carbocycles. The van der Waals surface area contributed by atoms with E-state index in [-0.39, 0.29) is 0 Å². The molecule has 0 fully saturated rings. The minimum atomic E-state index is -0.469. The number of rotatable bonds is 2. The lowest BCUT2D eigenvalue weighted by Crippen LogP contribution is -2.05. The fourth-order valence-corrected chi connectivity index (χ4v) is 2.07. The summed E-state index contributed by atoms with van der Waals surface area (Å²) in [5.74, 6) is -0.469. The standard InChI is InChI=1S/C15H11NO2/c16-14(17)9-8-10-4-3-6-12-11-5-1-2-7-13(11)18-15(10)12/h1-9H,(H2,16,17)/b9-8-. The van der Waals surface area contributed by atoms with Gasteiger partial charge < -0.3 is 10.2 Å². The van der Waals surface area contributed by atoms with Gasteiger partial charge in [-0.05, 0) is 12.1 Å². The lowest BCUT2D eigenvalue weighted by Gasteiger charge is -1.94. The van der Waals surface area contributed by atoms with Crippen molar-refractivity contribution in [1.29, 1.82) is 0 Å². The Morgan fingerprint density at radius 3 is 2.67 bits per heavy atom. The van der Waals surface area contributed by atoms with Crippen LogP contribution in [0.5, 0.6) is 0 Å². The summed E-state index contributed by atoms with van der Waals surface area (Å²) in [4.78, 5) is 10.8. The van der Waals surface area contributed by atoms with Gasteiger partial charge in [-0.25, -0.2) is 0 Å². The molecular formula is C15H11NO2. The first-order valence-electron chi connectivity index (χ1n) is 5.63. The Morgan fingerprint density at radius 1 is 1.06 bits per heavy atom. The quantitative estimate of drug-likeness (QED) is 0.696. The Bertz CT molecular complexity index is 768. The molecule has 2 N–H and O–H groups in total. The Hall–Kier alpha value is -2.55. The maximum absolute atomic E-state index is 10.8. The average Bonchev–Trinajstić information content (AvgIpc) is 2.75. The number of carbonyl (C=O) groups excluding carboxylic acids is 1. The van der Waals surface area contributed by atoms with Gasteiger partial charge in [0.05, 0.1) is 0 Å². The van der Waals surface area contributed by atoms with Crippen molar-refractivity contribution in [1.82, 2.24) is 0 Å².